The Morgan fingerprint density at radius 2 is 2.11 bits per heavy atom. The second-order valence-corrected chi connectivity index (χ2v) is 6.58. The summed E-state index contributed by atoms with van der Waals surface area (Å²) in [4.78, 5) is 12.2. The summed E-state index contributed by atoms with van der Waals surface area (Å²) in [5, 5.41) is 15.3. The van der Waals surface area contributed by atoms with Gasteiger partial charge in [-0.2, -0.15) is 5.10 Å². The largest absolute Gasteiger partial charge is 0.486 e. The summed E-state index contributed by atoms with van der Waals surface area (Å²) in [6, 6.07) is 5.29. The van der Waals surface area contributed by atoms with Crippen LogP contribution in [-0.4, -0.2) is 44.9 Å². The van der Waals surface area contributed by atoms with Gasteiger partial charge in [0.15, 0.2) is 11.5 Å². The fourth-order valence-corrected chi connectivity index (χ4v) is 3.04. The van der Waals surface area contributed by atoms with Gasteiger partial charge in [0.2, 0.25) is 5.91 Å². The molecule has 0 saturated carbocycles. The summed E-state index contributed by atoms with van der Waals surface area (Å²) in [5.41, 5.74) is 1.39. The van der Waals surface area contributed by atoms with Gasteiger partial charge in [0.25, 0.3) is 11.1 Å². The molecule has 0 fully saturated rings. The maximum atomic E-state index is 12.2. The first-order valence-corrected chi connectivity index (χ1v) is 9.38. The third-order valence-electron chi connectivity index (χ3n) is 3.76. The van der Waals surface area contributed by atoms with E-state index in [-0.39, 0.29) is 11.7 Å². The van der Waals surface area contributed by atoms with Crippen LogP contribution < -0.4 is 14.8 Å². The van der Waals surface area contributed by atoms with Gasteiger partial charge in [-0.3, -0.25) is 9.48 Å². The Kier molecular flexibility index (Phi) is 4.97. The van der Waals surface area contributed by atoms with Crippen LogP contribution in [0.1, 0.15) is 6.92 Å². The predicted octanol–water partition coefficient (Wildman–Crippen LogP) is 2.46. The standard InChI is InChI=1S/C17H17N5O4S/c1-2-22-9-11(8-18-22)16-20-21-17(26-16)27-10-15(23)19-12-3-4-13-14(7-12)25-6-5-24-13/h3-4,7-9H,2,5-6,10H2,1H3,(H,19,23). The predicted molar refractivity (Wildman–Crippen MR) is 98.0 cm³/mol. The van der Waals surface area contributed by atoms with Gasteiger partial charge in [-0.15, -0.1) is 10.2 Å². The number of carbonyl (C=O) groups excluding carboxylic acids is 1. The van der Waals surface area contributed by atoms with Crippen LogP contribution in [0.3, 0.4) is 0 Å². The van der Waals surface area contributed by atoms with Crippen LogP contribution in [0, 0.1) is 0 Å². The Bertz CT molecular complexity index is 954. The molecule has 0 atom stereocenters. The van der Waals surface area contributed by atoms with E-state index in [9.17, 15) is 4.79 Å². The number of nitrogens with one attached hydrogen (secondary N) is 1. The van der Waals surface area contributed by atoms with Crippen molar-refractivity contribution >= 4 is 23.4 Å². The van der Waals surface area contributed by atoms with E-state index >= 15 is 0 Å². The van der Waals surface area contributed by atoms with Crippen LogP contribution in [0.5, 0.6) is 11.5 Å². The highest BCUT2D eigenvalue weighted by molar-refractivity contribution is 7.99. The molecule has 3 aromatic rings. The minimum absolute atomic E-state index is 0.143. The van der Waals surface area contributed by atoms with Crippen molar-refractivity contribution in [3.8, 4) is 23.0 Å². The Morgan fingerprint density at radius 3 is 2.93 bits per heavy atom. The molecule has 1 aliphatic rings. The van der Waals surface area contributed by atoms with Crippen molar-refractivity contribution in [2.75, 3.05) is 24.3 Å². The van der Waals surface area contributed by atoms with E-state index in [1.165, 1.54) is 11.8 Å². The number of hydrogen-bond donors (Lipinski definition) is 1. The lowest BCUT2D eigenvalue weighted by Gasteiger charge is -2.18. The number of benzene rings is 1. The number of nitrogens with zero attached hydrogens (tertiary/aromatic N) is 4. The van der Waals surface area contributed by atoms with E-state index in [0.29, 0.717) is 41.5 Å². The molecule has 0 spiro atoms. The van der Waals surface area contributed by atoms with E-state index in [1.54, 1.807) is 29.1 Å². The number of aryl methyl sites for hydroxylation is 1. The molecule has 140 valence electrons. The van der Waals surface area contributed by atoms with Gasteiger partial charge in [0.1, 0.15) is 13.2 Å². The zero-order valence-electron chi connectivity index (χ0n) is 14.5. The van der Waals surface area contributed by atoms with Crippen LogP contribution in [0.2, 0.25) is 0 Å². The normalized spacial score (nSPS) is 12.8. The Hall–Kier alpha value is -3.01. The van der Waals surface area contributed by atoms with Gasteiger partial charge >= 0.3 is 0 Å². The summed E-state index contributed by atoms with van der Waals surface area (Å²) in [7, 11) is 0. The highest BCUT2D eigenvalue weighted by Gasteiger charge is 2.15. The minimum Gasteiger partial charge on any atom is -0.486 e. The monoisotopic (exact) mass is 387 g/mol. The average Bonchev–Trinajstić information content (AvgIpc) is 3.35. The molecular weight excluding hydrogens is 370 g/mol. The molecule has 0 bridgehead atoms. The molecular formula is C17H17N5O4S. The van der Waals surface area contributed by atoms with Crippen LogP contribution in [0.25, 0.3) is 11.5 Å². The number of fused-ring (bicyclic) bond motifs is 1. The number of ether oxygens (including phenoxy) is 2. The van der Waals surface area contributed by atoms with Gasteiger partial charge in [0, 0.05) is 24.5 Å². The van der Waals surface area contributed by atoms with Crippen LogP contribution in [0.4, 0.5) is 5.69 Å². The maximum Gasteiger partial charge on any atom is 0.277 e. The molecule has 9 nitrogen and oxygen atoms in total. The number of anilines is 1. The van der Waals surface area contributed by atoms with E-state index in [2.05, 4.69) is 20.6 Å². The molecule has 0 radical (unpaired) electrons. The van der Waals surface area contributed by atoms with Crippen molar-refractivity contribution in [1.29, 1.82) is 0 Å². The summed E-state index contributed by atoms with van der Waals surface area (Å²) in [6.07, 6.45) is 3.50. The summed E-state index contributed by atoms with van der Waals surface area (Å²) >= 11 is 1.17. The Labute approximate surface area is 159 Å². The third-order valence-corrected chi connectivity index (χ3v) is 4.58. The van der Waals surface area contributed by atoms with E-state index in [1.807, 2.05) is 13.1 Å². The first-order chi connectivity index (χ1) is 13.2. The van der Waals surface area contributed by atoms with Gasteiger partial charge in [-0.1, -0.05) is 11.8 Å². The van der Waals surface area contributed by atoms with Crippen molar-refractivity contribution < 1.29 is 18.7 Å². The number of carbonyl (C=O) groups is 1. The van der Waals surface area contributed by atoms with Gasteiger partial charge in [-0.05, 0) is 19.1 Å². The molecule has 1 N–H and O–H groups in total. The maximum absolute atomic E-state index is 12.2. The van der Waals surface area contributed by atoms with E-state index in [0.717, 1.165) is 12.1 Å². The minimum atomic E-state index is -0.185. The second kappa shape index (κ2) is 7.70. The topological polar surface area (TPSA) is 104 Å². The highest BCUT2D eigenvalue weighted by atomic mass is 32.2. The Morgan fingerprint density at radius 1 is 1.26 bits per heavy atom. The number of thioether (sulfide) groups is 1. The molecule has 3 heterocycles. The zero-order chi connectivity index (χ0) is 18.6. The lowest BCUT2D eigenvalue weighted by Crippen LogP contribution is -2.17. The lowest BCUT2D eigenvalue weighted by atomic mass is 10.2. The first-order valence-electron chi connectivity index (χ1n) is 8.40. The fourth-order valence-electron chi connectivity index (χ4n) is 2.48. The lowest BCUT2D eigenvalue weighted by molar-refractivity contribution is -0.113. The molecule has 4 rings (SSSR count). The molecule has 10 heteroatoms. The summed E-state index contributed by atoms with van der Waals surface area (Å²) < 4.78 is 18.3. The molecule has 2 aromatic heterocycles. The van der Waals surface area contributed by atoms with Crippen molar-refractivity contribution in [3.05, 3.63) is 30.6 Å². The van der Waals surface area contributed by atoms with E-state index in [4.69, 9.17) is 13.9 Å². The molecule has 0 saturated heterocycles. The Balaban J connectivity index is 1.33. The molecule has 1 aliphatic heterocycles. The third kappa shape index (κ3) is 4.05. The van der Waals surface area contributed by atoms with Crippen molar-refractivity contribution in [2.45, 2.75) is 18.7 Å². The van der Waals surface area contributed by atoms with Crippen molar-refractivity contribution in [1.82, 2.24) is 20.0 Å². The van der Waals surface area contributed by atoms with Crippen molar-refractivity contribution in [2.24, 2.45) is 0 Å². The number of rotatable bonds is 6. The number of hydrogen-bond acceptors (Lipinski definition) is 8. The van der Waals surface area contributed by atoms with Crippen LogP contribution in [-0.2, 0) is 11.3 Å². The molecule has 0 aliphatic carbocycles. The number of aromatic nitrogens is 4. The zero-order valence-corrected chi connectivity index (χ0v) is 15.4. The quantitative estimate of drug-likeness (QED) is 0.643. The molecule has 0 unspecified atom stereocenters. The van der Waals surface area contributed by atoms with Crippen molar-refractivity contribution in [3.63, 3.8) is 0 Å². The fraction of sp³-hybridized carbons (Fsp3) is 0.294. The highest BCUT2D eigenvalue weighted by Crippen LogP contribution is 2.32. The van der Waals surface area contributed by atoms with Crippen LogP contribution >= 0.6 is 11.8 Å². The van der Waals surface area contributed by atoms with Crippen LogP contribution in [0.15, 0.2) is 40.2 Å². The second-order valence-electron chi connectivity index (χ2n) is 5.65. The first kappa shape index (κ1) is 17.4. The summed E-state index contributed by atoms with van der Waals surface area (Å²) in [5.74, 6) is 1.64. The average molecular weight is 387 g/mol. The molecule has 1 amide bonds. The van der Waals surface area contributed by atoms with Gasteiger partial charge in [-0.25, -0.2) is 0 Å². The van der Waals surface area contributed by atoms with Gasteiger partial charge < -0.3 is 19.2 Å². The van der Waals surface area contributed by atoms with E-state index < -0.39 is 0 Å². The SMILES string of the molecule is CCn1cc(-c2nnc(SCC(=O)Nc3ccc4c(c3)OCCO4)o2)cn1. The smallest absolute Gasteiger partial charge is 0.277 e. The molecule has 27 heavy (non-hydrogen) atoms. The number of amides is 1. The van der Waals surface area contributed by atoms with Gasteiger partial charge in [0.05, 0.1) is 17.5 Å². The summed E-state index contributed by atoms with van der Waals surface area (Å²) in [6.45, 7) is 3.78. The molecule has 1 aromatic carbocycles.